The smallest absolute Gasteiger partial charge is 0.251 e. The first kappa shape index (κ1) is 17.2. The van der Waals surface area contributed by atoms with Crippen LogP contribution >= 0.6 is 11.6 Å². The molecule has 3 aromatic rings. The number of halogens is 1. The molecule has 4 nitrogen and oxygen atoms in total. The molecule has 0 atom stereocenters. The molecule has 0 fully saturated rings. The van der Waals surface area contributed by atoms with E-state index in [1.54, 1.807) is 23.0 Å². The van der Waals surface area contributed by atoms with Crippen molar-refractivity contribution in [2.24, 2.45) is 0 Å². The quantitative estimate of drug-likeness (QED) is 0.746. The van der Waals surface area contributed by atoms with Gasteiger partial charge in [-0.2, -0.15) is 5.10 Å². The zero-order valence-corrected chi connectivity index (χ0v) is 15.0. The number of hydrogen-bond donors (Lipinski definition) is 1. The summed E-state index contributed by atoms with van der Waals surface area (Å²) in [4.78, 5) is 12.4. The number of benzene rings is 2. The van der Waals surface area contributed by atoms with Crippen LogP contribution in [0.15, 0.2) is 67.0 Å². The molecule has 0 unspecified atom stereocenters. The van der Waals surface area contributed by atoms with Crippen molar-refractivity contribution in [1.29, 1.82) is 0 Å². The van der Waals surface area contributed by atoms with Gasteiger partial charge in [-0.15, -0.1) is 0 Å². The fourth-order valence-electron chi connectivity index (χ4n) is 2.60. The summed E-state index contributed by atoms with van der Waals surface area (Å²) in [5.41, 5.74) is 2.42. The van der Waals surface area contributed by atoms with E-state index in [9.17, 15) is 4.79 Å². The van der Waals surface area contributed by atoms with Crippen LogP contribution in [0.1, 0.15) is 29.8 Å². The van der Waals surface area contributed by atoms with E-state index < -0.39 is 0 Å². The molecular weight excluding hydrogens is 334 g/mol. The van der Waals surface area contributed by atoms with Crippen molar-refractivity contribution in [3.8, 4) is 5.69 Å². The highest BCUT2D eigenvalue weighted by atomic mass is 35.5. The highest BCUT2D eigenvalue weighted by Crippen LogP contribution is 2.25. The molecule has 1 amide bonds. The molecule has 3 rings (SSSR count). The highest BCUT2D eigenvalue weighted by molar-refractivity contribution is 6.30. The second-order valence-electron chi connectivity index (χ2n) is 6.57. The lowest BCUT2D eigenvalue weighted by Gasteiger charge is -2.26. The molecule has 0 aliphatic carbocycles. The third-order valence-electron chi connectivity index (χ3n) is 4.20. The molecular formula is C20H20ClN3O. The Morgan fingerprint density at radius 2 is 1.92 bits per heavy atom. The highest BCUT2D eigenvalue weighted by Gasteiger charge is 2.22. The van der Waals surface area contributed by atoms with Crippen LogP contribution in [0.3, 0.4) is 0 Å². The minimum atomic E-state index is -0.213. The van der Waals surface area contributed by atoms with Crippen molar-refractivity contribution in [3.05, 3.63) is 83.1 Å². The lowest BCUT2D eigenvalue weighted by Crippen LogP contribution is -2.36. The van der Waals surface area contributed by atoms with Gasteiger partial charge in [0.1, 0.15) is 0 Å². The summed E-state index contributed by atoms with van der Waals surface area (Å²) < 4.78 is 1.75. The van der Waals surface area contributed by atoms with Crippen LogP contribution in [0, 0.1) is 0 Å². The van der Waals surface area contributed by atoms with Crippen LogP contribution in [-0.2, 0) is 5.41 Å². The molecule has 0 saturated heterocycles. The average Bonchev–Trinajstić information content (AvgIpc) is 3.14. The third-order valence-corrected chi connectivity index (χ3v) is 4.43. The van der Waals surface area contributed by atoms with E-state index >= 15 is 0 Å². The van der Waals surface area contributed by atoms with Gasteiger partial charge in [-0.25, -0.2) is 4.68 Å². The van der Waals surface area contributed by atoms with Crippen molar-refractivity contribution in [2.45, 2.75) is 19.3 Å². The maximum Gasteiger partial charge on any atom is 0.251 e. The van der Waals surface area contributed by atoms with E-state index in [-0.39, 0.29) is 11.3 Å². The fourth-order valence-corrected chi connectivity index (χ4v) is 2.79. The lowest BCUT2D eigenvalue weighted by atomic mass is 9.84. The molecule has 0 saturated carbocycles. The first-order chi connectivity index (χ1) is 12.0. The number of aromatic nitrogens is 2. The summed E-state index contributed by atoms with van der Waals surface area (Å²) in [6, 6.07) is 17.0. The lowest BCUT2D eigenvalue weighted by molar-refractivity contribution is 0.0945. The van der Waals surface area contributed by atoms with Gasteiger partial charge in [-0.3, -0.25) is 4.79 Å². The van der Waals surface area contributed by atoms with Gasteiger partial charge < -0.3 is 5.32 Å². The number of carbonyl (C=O) groups excluding carboxylic acids is 1. The molecule has 1 aromatic heterocycles. The minimum Gasteiger partial charge on any atom is -0.351 e. The summed E-state index contributed by atoms with van der Waals surface area (Å²) in [6.45, 7) is 4.69. The number of amides is 1. The number of hydrogen-bond acceptors (Lipinski definition) is 2. The first-order valence-electron chi connectivity index (χ1n) is 8.10. The molecule has 0 aliphatic heterocycles. The number of nitrogens with one attached hydrogen (secondary N) is 1. The van der Waals surface area contributed by atoms with E-state index in [4.69, 9.17) is 11.6 Å². The van der Waals surface area contributed by atoms with Crippen LogP contribution in [0.2, 0.25) is 5.02 Å². The molecule has 0 bridgehead atoms. The molecule has 5 heteroatoms. The largest absolute Gasteiger partial charge is 0.351 e. The molecule has 25 heavy (non-hydrogen) atoms. The Morgan fingerprint density at radius 3 is 2.56 bits per heavy atom. The molecule has 2 aromatic carbocycles. The van der Waals surface area contributed by atoms with E-state index in [2.05, 4.69) is 24.3 Å². The van der Waals surface area contributed by atoms with Gasteiger partial charge in [0.2, 0.25) is 0 Å². The van der Waals surface area contributed by atoms with E-state index in [0.29, 0.717) is 17.1 Å². The Balaban J connectivity index is 1.66. The van der Waals surface area contributed by atoms with Gasteiger partial charge in [-0.1, -0.05) is 37.6 Å². The van der Waals surface area contributed by atoms with Gasteiger partial charge in [-0.05, 0) is 48.0 Å². The molecule has 128 valence electrons. The Bertz CT molecular complexity index is 855. The second kappa shape index (κ2) is 7.11. The SMILES string of the molecule is CC(C)(CNC(=O)c1ccc(-n2cccn2)cc1)c1cccc(Cl)c1. The van der Waals surface area contributed by atoms with Gasteiger partial charge >= 0.3 is 0 Å². The van der Waals surface area contributed by atoms with E-state index in [0.717, 1.165) is 11.3 Å². The molecule has 1 N–H and O–H groups in total. The van der Waals surface area contributed by atoms with Gasteiger partial charge in [0.05, 0.1) is 5.69 Å². The van der Waals surface area contributed by atoms with Crippen molar-refractivity contribution in [1.82, 2.24) is 15.1 Å². The van der Waals surface area contributed by atoms with Gasteiger partial charge in [0, 0.05) is 34.9 Å². The van der Waals surface area contributed by atoms with Crippen LogP contribution in [0.25, 0.3) is 5.69 Å². The average molecular weight is 354 g/mol. The van der Waals surface area contributed by atoms with E-state index in [1.807, 2.05) is 48.7 Å². The van der Waals surface area contributed by atoms with Crippen molar-refractivity contribution < 1.29 is 4.79 Å². The van der Waals surface area contributed by atoms with Crippen molar-refractivity contribution in [3.63, 3.8) is 0 Å². The number of rotatable bonds is 5. The third kappa shape index (κ3) is 4.09. The normalized spacial score (nSPS) is 11.3. The summed E-state index contributed by atoms with van der Waals surface area (Å²) >= 11 is 6.07. The fraction of sp³-hybridized carbons (Fsp3) is 0.200. The zero-order valence-electron chi connectivity index (χ0n) is 14.2. The second-order valence-corrected chi connectivity index (χ2v) is 7.01. The summed E-state index contributed by atoms with van der Waals surface area (Å²) in [5.74, 6) is -0.0953. The summed E-state index contributed by atoms with van der Waals surface area (Å²) in [5, 5.41) is 7.88. The predicted molar refractivity (Wildman–Crippen MR) is 100 cm³/mol. The van der Waals surface area contributed by atoms with Crippen LogP contribution in [0.5, 0.6) is 0 Å². The van der Waals surface area contributed by atoms with Gasteiger partial charge in [0.15, 0.2) is 0 Å². The summed E-state index contributed by atoms with van der Waals surface area (Å²) in [7, 11) is 0. The van der Waals surface area contributed by atoms with Crippen LogP contribution < -0.4 is 5.32 Å². The maximum atomic E-state index is 12.4. The standard InChI is InChI=1S/C20H20ClN3O/c1-20(2,16-5-3-6-17(21)13-16)14-22-19(25)15-7-9-18(10-8-15)24-12-4-11-23-24/h3-13H,14H2,1-2H3,(H,22,25). The molecule has 0 aliphatic rings. The Kier molecular flexibility index (Phi) is 4.91. The van der Waals surface area contributed by atoms with E-state index in [1.165, 1.54) is 0 Å². The molecule has 0 spiro atoms. The van der Waals surface area contributed by atoms with Crippen molar-refractivity contribution in [2.75, 3.05) is 6.54 Å². The zero-order chi connectivity index (χ0) is 17.9. The topological polar surface area (TPSA) is 46.9 Å². The Labute approximate surface area is 152 Å². The Hall–Kier alpha value is -2.59. The summed E-state index contributed by atoms with van der Waals surface area (Å²) in [6.07, 6.45) is 3.58. The van der Waals surface area contributed by atoms with Crippen molar-refractivity contribution >= 4 is 17.5 Å². The Morgan fingerprint density at radius 1 is 1.16 bits per heavy atom. The minimum absolute atomic E-state index is 0.0953. The first-order valence-corrected chi connectivity index (χ1v) is 8.48. The monoisotopic (exact) mass is 353 g/mol. The van der Waals surface area contributed by atoms with Crippen LogP contribution in [0.4, 0.5) is 0 Å². The predicted octanol–water partition coefficient (Wildman–Crippen LogP) is 4.23. The molecule has 0 radical (unpaired) electrons. The maximum absolute atomic E-state index is 12.4. The number of carbonyl (C=O) groups is 1. The van der Waals surface area contributed by atoms with Crippen LogP contribution in [-0.4, -0.2) is 22.2 Å². The van der Waals surface area contributed by atoms with Gasteiger partial charge in [0.25, 0.3) is 5.91 Å². The molecule has 1 heterocycles. The number of nitrogens with zero attached hydrogens (tertiary/aromatic N) is 2.